The predicted octanol–water partition coefficient (Wildman–Crippen LogP) is 3.90. The lowest BCUT2D eigenvalue weighted by atomic mass is 9.80. The summed E-state index contributed by atoms with van der Waals surface area (Å²) in [5, 5.41) is 6.99. The van der Waals surface area contributed by atoms with Gasteiger partial charge in [-0.25, -0.2) is 9.18 Å². The third kappa shape index (κ3) is 3.38. The van der Waals surface area contributed by atoms with Crippen LogP contribution in [-0.2, 0) is 13.0 Å². The van der Waals surface area contributed by atoms with E-state index in [1.165, 1.54) is 6.07 Å². The highest BCUT2D eigenvalue weighted by Crippen LogP contribution is 2.35. The Balaban J connectivity index is 1.75. The van der Waals surface area contributed by atoms with E-state index in [0.717, 1.165) is 34.6 Å². The topological polar surface area (TPSA) is 58.4 Å². The van der Waals surface area contributed by atoms with Crippen molar-refractivity contribution in [1.29, 1.82) is 0 Å². The van der Waals surface area contributed by atoms with Crippen molar-refractivity contribution in [2.24, 2.45) is 5.92 Å². The summed E-state index contributed by atoms with van der Waals surface area (Å²) in [6.07, 6.45) is 1.57. The molecule has 0 fully saturated rings. The molecule has 1 heterocycles. The van der Waals surface area contributed by atoms with Crippen LogP contribution in [0.4, 0.5) is 9.18 Å². The van der Waals surface area contributed by atoms with Gasteiger partial charge in [-0.3, -0.25) is 0 Å². The van der Waals surface area contributed by atoms with Gasteiger partial charge in [-0.1, -0.05) is 24.2 Å². The Morgan fingerprint density at radius 3 is 2.88 bits per heavy atom. The Morgan fingerprint density at radius 2 is 2.20 bits per heavy atom. The van der Waals surface area contributed by atoms with Gasteiger partial charge < -0.3 is 14.7 Å². The number of aryl methyl sites for hydroxylation is 2. The molecule has 0 saturated heterocycles. The molecule has 2 amide bonds. The molecule has 0 spiro atoms. The van der Waals surface area contributed by atoms with Gasteiger partial charge in [0, 0.05) is 12.6 Å². The van der Waals surface area contributed by atoms with Crippen LogP contribution in [0.5, 0.6) is 0 Å². The minimum absolute atomic E-state index is 0.181. The van der Waals surface area contributed by atoms with E-state index in [-0.39, 0.29) is 23.8 Å². The molecule has 3 rings (SSSR count). The second kappa shape index (κ2) is 6.86. The van der Waals surface area contributed by atoms with E-state index in [4.69, 9.17) is 4.52 Å². The molecule has 5 nitrogen and oxygen atoms in total. The SMILES string of the molecule is Cc1noc(C)c1CN(C)C(=O)NC1c2cccc(F)c2CCC1C. The summed E-state index contributed by atoms with van der Waals surface area (Å²) in [6, 6.07) is 4.73. The largest absolute Gasteiger partial charge is 0.361 e. The van der Waals surface area contributed by atoms with Crippen LogP contribution in [0, 0.1) is 25.6 Å². The smallest absolute Gasteiger partial charge is 0.317 e. The number of urea groups is 1. The maximum Gasteiger partial charge on any atom is 0.317 e. The van der Waals surface area contributed by atoms with Crippen molar-refractivity contribution in [1.82, 2.24) is 15.4 Å². The van der Waals surface area contributed by atoms with E-state index in [2.05, 4.69) is 17.4 Å². The molecule has 0 saturated carbocycles. The van der Waals surface area contributed by atoms with Crippen LogP contribution in [0.3, 0.4) is 0 Å². The van der Waals surface area contributed by atoms with Crippen molar-refractivity contribution >= 4 is 6.03 Å². The molecule has 6 heteroatoms. The number of nitrogens with zero attached hydrogens (tertiary/aromatic N) is 2. The van der Waals surface area contributed by atoms with E-state index in [1.54, 1.807) is 18.0 Å². The van der Waals surface area contributed by atoms with E-state index in [9.17, 15) is 9.18 Å². The summed E-state index contributed by atoms with van der Waals surface area (Å²) in [5.74, 6) is 0.786. The number of rotatable bonds is 3. The van der Waals surface area contributed by atoms with Gasteiger partial charge in [-0.05, 0) is 49.8 Å². The number of carbonyl (C=O) groups excluding carboxylic acids is 1. The molecule has 2 atom stereocenters. The first-order valence-electron chi connectivity index (χ1n) is 8.59. The monoisotopic (exact) mass is 345 g/mol. The molecule has 134 valence electrons. The number of aromatic nitrogens is 1. The molecule has 0 radical (unpaired) electrons. The number of amides is 2. The number of benzene rings is 1. The minimum atomic E-state index is -0.187. The van der Waals surface area contributed by atoms with Crippen molar-refractivity contribution in [3.05, 3.63) is 52.2 Å². The second-order valence-electron chi connectivity index (χ2n) is 6.91. The molecule has 1 aromatic heterocycles. The number of carbonyl (C=O) groups is 1. The van der Waals surface area contributed by atoms with Crippen LogP contribution in [0.15, 0.2) is 22.7 Å². The van der Waals surface area contributed by atoms with Gasteiger partial charge in [-0.15, -0.1) is 0 Å². The highest BCUT2D eigenvalue weighted by atomic mass is 19.1. The standard InChI is InChI=1S/C19H24FN3O2/c1-11-8-9-14-15(6-5-7-17(14)20)18(11)21-19(24)23(4)10-16-12(2)22-25-13(16)3/h5-7,11,18H,8-10H2,1-4H3,(H,21,24). The van der Waals surface area contributed by atoms with Crippen LogP contribution >= 0.6 is 0 Å². The first-order valence-corrected chi connectivity index (χ1v) is 8.59. The van der Waals surface area contributed by atoms with Gasteiger partial charge in [0.2, 0.25) is 0 Å². The average molecular weight is 345 g/mol. The highest BCUT2D eigenvalue weighted by molar-refractivity contribution is 5.74. The Kier molecular flexibility index (Phi) is 4.79. The molecule has 0 aliphatic heterocycles. The number of hydrogen-bond acceptors (Lipinski definition) is 3. The van der Waals surface area contributed by atoms with Gasteiger partial charge in [-0.2, -0.15) is 0 Å². The zero-order valence-corrected chi connectivity index (χ0v) is 15.1. The molecule has 1 aliphatic rings. The lowest BCUT2D eigenvalue weighted by molar-refractivity contribution is 0.195. The quantitative estimate of drug-likeness (QED) is 0.918. The normalized spacial score (nSPS) is 19.4. The first-order chi connectivity index (χ1) is 11.9. The van der Waals surface area contributed by atoms with E-state index in [0.29, 0.717) is 13.0 Å². The van der Waals surface area contributed by atoms with Gasteiger partial charge in [0.25, 0.3) is 0 Å². The summed E-state index contributed by atoms with van der Waals surface area (Å²) in [4.78, 5) is 14.3. The Labute approximate surface area is 147 Å². The first kappa shape index (κ1) is 17.5. The summed E-state index contributed by atoms with van der Waals surface area (Å²) in [5.41, 5.74) is 3.31. The fraction of sp³-hybridized carbons (Fsp3) is 0.474. The lowest BCUT2D eigenvalue weighted by Gasteiger charge is -2.33. The van der Waals surface area contributed by atoms with Gasteiger partial charge >= 0.3 is 6.03 Å². The van der Waals surface area contributed by atoms with Gasteiger partial charge in [0.15, 0.2) is 0 Å². The van der Waals surface area contributed by atoms with Crippen molar-refractivity contribution < 1.29 is 13.7 Å². The Bertz CT molecular complexity index is 767. The summed E-state index contributed by atoms with van der Waals surface area (Å²) < 4.78 is 19.2. The van der Waals surface area contributed by atoms with Crippen LogP contribution < -0.4 is 5.32 Å². The predicted molar refractivity (Wildman–Crippen MR) is 92.6 cm³/mol. The van der Waals surface area contributed by atoms with Gasteiger partial charge in [0.05, 0.1) is 18.3 Å². The number of halogens is 1. The molecule has 1 N–H and O–H groups in total. The molecule has 0 bridgehead atoms. The van der Waals surface area contributed by atoms with E-state index in [1.807, 2.05) is 19.9 Å². The second-order valence-corrected chi connectivity index (χ2v) is 6.91. The molecule has 25 heavy (non-hydrogen) atoms. The maximum absolute atomic E-state index is 14.1. The van der Waals surface area contributed by atoms with Crippen LogP contribution in [0.25, 0.3) is 0 Å². The zero-order valence-electron chi connectivity index (χ0n) is 15.1. The van der Waals surface area contributed by atoms with Crippen molar-refractivity contribution in [3.8, 4) is 0 Å². The van der Waals surface area contributed by atoms with Crippen LogP contribution in [-0.4, -0.2) is 23.1 Å². The van der Waals surface area contributed by atoms with Crippen molar-refractivity contribution in [2.45, 2.75) is 46.2 Å². The molecular formula is C19H24FN3O2. The summed E-state index contributed by atoms with van der Waals surface area (Å²) in [6.45, 7) is 6.21. The number of nitrogens with one attached hydrogen (secondary N) is 1. The lowest BCUT2D eigenvalue weighted by Crippen LogP contribution is -2.42. The zero-order chi connectivity index (χ0) is 18.1. The van der Waals surface area contributed by atoms with Crippen molar-refractivity contribution in [2.75, 3.05) is 7.05 Å². The summed E-state index contributed by atoms with van der Waals surface area (Å²) in [7, 11) is 1.74. The molecule has 1 aromatic carbocycles. The fourth-order valence-corrected chi connectivity index (χ4v) is 3.48. The summed E-state index contributed by atoms with van der Waals surface area (Å²) >= 11 is 0. The number of hydrogen-bond donors (Lipinski definition) is 1. The molecule has 2 unspecified atom stereocenters. The fourth-order valence-electron chi connectivity index (χ4n) is 3.48. The molecular weight excluding hydrogens is 321 g/mol. The van der Waals surface area contributed by atoms with Gasteiger partial charge in [0.1, 0.15) is 11.6 Å². The minimum Gasteiger partial charge on any atom is -0.361 e. The van der Waals surface area contributed by atoms with E-state index < -0.39 is 0 Å². The third-order valence-electron chi connectivity index (χ3n) is 5.11. The maximum atomic E-state index is 14.1. The molecule has 2 aromatic rings. The van der Waals surface area contributed by atoms with E-state index >= 15 is 0 Å². The van der Waals surface area contributed by atoms with Crippen LogP contribution in [0.2, 0.25) is 0 Å². The Morgan fingerprint density at radius 1 is 1.44 bits per heavy atom. The Hall–Kier alpha value is -2.37. The average Bonchev–Trinajstić information content (AvgIpc) is 2.89. The number of fused-ring (bicyclic) bond motifs is 1. The third-order valence-corrected chi connectivity index (χ3v) is 5.11. The highest BCUT2D eigenvalue weighted by Gasteiger charge is 2.30. The van der Waals surface area contributed by atoms with Crippen LogP contribution in [0.1, 0.15) is 47.5 Å². The van der Waals surface area contributed by atoms with Crippen molar-refractivity contribution in [3.63, 3.8) is 0 Å². The molecule has 1 aliphatic carbocycles.